The van der Waals surface area contributed by atoms with Gasteiger partial charge in [0.15, 0.2) is 0 Å². The minimum Gasteiger partial charge on any atom is -0.377 e. The molecular formula is C30H26ClFN8. The Morgan fingerprint density at radius 3 is 2.75 bits per heavy atom. The summed E-state index contributed by atoms with van der Waals surface area (Å²) in [6.07, 6.45) is 3.23. The Morgan fingerprint density at radius 1 is 1.18 bits per heavy atom. The second-order valence-electron chi connectivity index (χ2n) is 9.33. The lowest BCUT2D eigenvalue weighted by atomic mass is 10.0. The summed E-state index contributed by atoms with van der Waals surface area (Å²) in [6.45, 7) is -3.04. The number of nitrogens with one attached hydrogen (secondary N) is 2. The molecule has 40 heavy (non-hydrogen) atoms. The van der Waals surface area contributed by atoms with Crippen molar-refractivity contribution in [3.63, 3.8) is 0 Å². The number of halogens is 2. The Labute approximate surface area is 244 Å². The highest BCUT2D eigenvalue weighted by molar-refractivity contribution is 6.35. The smallest absolute Gasteiger partial charge is 0.212 e. The quantitative estimate of drug-likeness (QED) is 0.188. The summed E-state index contributed by atoms with van der Waals surface area (Å²) >= 11 is 6.71. The van der Waals surface area contributed by atoms with Crippen LogP contribution in [-0.2, 0) is 0 Å². The van der Waals surface area contributed by atoms with Crippen molar-refractivity contribution in [3.8, 4) is 6.07 Å². The monoisotopic (exact) mass is 558 g/mol. The van der Waals surface area contributed by atoms with Crippen molar-refractivity contribution in [3.05, 3.63) is 107 Å². The van der Waals surface area contributed by atoms with Crippen LogP contribution < -0.4 is 10.6 Å². The van der Waals surface area contributed by atoms with E-state index in [1.807, 2.05) is 6.07 Å². The van der Waals surface area contributed by atoms with Gasteiger partial charge in [-0.05, 0) is 48.5 Å². The van der Waals surface area contributed by atoms with Crippen molar-refractivity contribution in [1.82, 2.24) is 25.0 Å². The molecule has 1 saturated carbocycles. The predicted octanol–water partition coefficient (Wildman–Crippen LogP) is 6.99. The number of hydrogen-bond acceptors (Lipinski definition) is 7. The molecule has 3 aromatic heterocycles. The normalized spacial score (nSPS) is 18.1. The molecule has 200 valence electrons. The van der Waals surface area contributed by atoms with Gasteiger partial charge in [-0.2, -0.15) is 9.65 Å². The van der Waals surface area contributed by atoms with E-state index in [0.717, 1.165) is 18.9 Å². The Morgan fingerprint density at radius 2 is 2.02 bits per heavy atom. The van der Waals surface area contributed by atoms with E-state index in [1.54, 1.807) is 47.3 Å². The van der Waals surface area contributed by atoms with E-state index in [2.05, 4.69) is 30.9 Å². The van der Waals surface area contributed by atoms with Crippen molar-refractivity contribution in [1.29, 1.82) is 5.26 Å². The Bertz CT molecular complexity index is 1940. The molecule has 5 aromatic rings. The van der Waals surface area contributed by atoms with Crippen LogP contribution in [0.3, 0.4) is 0 Å². The first-order valence-corrected chi connectivity index (χ1v) is 12.9. The first kappa shape index (κ1) is 19.5. The highest BCUT2D eigenvalue weighted by Crippen LogP contribution is 2.38. The van der Waals surface area contributed by atoms with E-state index in [9.17, 15) is 11.0 Å². The van der Waals surface area contributed by atoms with Crippen molar-refractivity contribution in [2.45, 2.75) is 44.2 Å². The lowest BCUT2D eigenvalue weighted by molar-refractivity contribution is 0.581. The van der Waals surface area contributed by atoms with E-state index in [1.165, 1.54) is 24.5 Å². The van der Waals surface area contributed by atoms with Gasteiger partial charge in [0.1, 0.15) is 11.8 Å². The second kappa shape index (κ2) is 10.9. The van der Waals surface area contributed by atoms with E-state index in [4.69, 9.17) is 18.5 Å². The lowest BCUT2D eigenvalue weighted by Gasteiger charge is -2.22. The molecule has 0 amide bonds. The molecular weight excluding hydrogens is 527 g/mol. The Hall–Kier alpha value is -4.55. The van der Waals surface area contributed by atoms with E-state index < -0.39 is 31.2 Å². The van der Waals surface area contributed by atoms with Gasteiger partial charge in [0.25, 0.3) is 0 Å². The molecule has 3 heterocycles. The summed E-state index contributed by atoms with van der Waals surface area (Å²) in [5.74, 6) is -0.725. The van der Waals surface area contributed by atoms with Gasteiger partial charge in [0.2, 0.25) is 5.95 Å². The zero-order chi connectivity index (χ0) is 32.9. The van der Waals surface area contributed by atoms with Crippen LogP contribution in [0.1, 0.15) is 74.8 Å². The van der Waals surface area contributed by atoms with Gasteiger partial charge in [-0.3, -0.25) is 4.98 Å². The van der Waals surface area contributed by atoms with E-state index in [-0.39, 0.29) is 50.2 Å². The molecule has 1 aliphatic carbocycles. The van der Waals surface area contributed by atoms with Crippen LogP contribution in [0.4, 0.5) is 15.8 Å². The van der Waals surface area contributed by atoms with Crippen molar-refractivity contribution < 1.29 is 12.6 Å². The summed E-state index contributed by atoms with van der Waals surface area (Å²) in [5, 5.41) is 25.0. The molecule has 2 aromatic carbocycles. The van der Waals surface area contributed by atoms with Crippen LogP contribution in [-0.4, -0.2) is 25.0 Å². The fourth-order valence-corrected chi connectivity index (χ4v) is 4.69. The average molecular weight is 559 g/mol. The molecule has 2 unspecified atom stereocenters. The maximum absolute atomic E-state index is 13.8. The number of rotatable bonds is 9. The number of hydrogen-bond donors (Lipinski definition) is 2. The van der Waals surface area contributed by atoms with Gasteiger partial charge < -0.3 is 10.6 Å². The van der Waals surface area contributed by atoms with Crippen LogP contribution in [0.5, 0.6) is 0 Å². The summed E-state index contributed by atoms with van der Waals surface area (Å²) in [6, 6.07) is 12.8. The first-order chi connectivity index (χ1) is 21.8. The maximum atomic E-state index is 13.8. The minimum absolute atomic E-state index is 0.00948. The molecule has 1 aliphatic rings. The van der Waals surface area contributed by atoms with Gasteiger partial charge in [0.05, 0.1) is 47.5 Å². The predicted molar refractivity (Wildman–Crippen MR) is 153 cm³/mol. The van der Waals surface area contributed by atoms with Crippen LogP contribution in [0, 0.1) is 17.3 Å². The second-order valence-corrected chi connectivity index (χ2v) is 9.74. The lowest BCUT2D eigenvalue weighted by Crippen LogP contribution is -2.14. The highest BCUT2D eigenvalue weighted by Gasteiger charge is 2.27. The molecule has 6 rings (SSSR count). The third kappa shape index (κ3) is 5.18. The van der Waals surface area contributed by atoms with Crippen LogP contribution in [0.25, 0.3) is 10.9 Å². The van der Waals surface area contributed by atoms with Gasteiger partial charge in [-0.15, -0.1) is 5.10 Å². The number of nitrogens with zero attached hydrogens (tertiary/aromatic N) is 6. The summed E-state index contributed by atoms with van der Waals surface area (Å²) in [5.41, 5.74) is 1.42. The third-order valence-electron chi connectivity index (χ3n) is 6.58. The van der Waals surface area contributed by atoms with Crippen molar-refractivity contribution in [2.75, 3.05) is 10.6 Å². The highest BCUT2D eigenvalue weighted by atomic mass is 35.5. The van der Waals surface area contributed by atoms with Gasteiger partial charge in [-0.1, -0.05) is 60.1 Å². The van der Waals surface area contributed by atoms with Gasteiger partial charge >= 0.3 is 0 Å². The fraction of sp³-hybridized carbons (Fsp3) is 0.233. The Balaban J connectivity index is 1.50. The number of nitriles is 1. The molecule has 0 radical (unpaired) electrons. The zero-order valence-corrected chi connectivity index (χ0v) is 21.7. The number of pyridine rings is 2. The molecule has 8 nitrogen and oxygen atoms in total. The van der Waals surface area contributed by atoms with Crippen molar-refractivity contribution >= 4 is 33.9 Å². The molecule has 0 bridgehead atoms. The zero-order valence-electron chi connectivity index (χ0n) is 26.9. The molecule has 0 spiro atoms. The molecule has 2 N–H and O–H groups in total. The standard InChI is InChI=1S/C30H26ClFN8/c1-2-25(18-6-4-3-5-7-18)37-28-20(14-33)16-35-30-23(28)12-21(13-24(30)31)36-29(19-8-11-27(32)34-15-19)26-17-40(39-38-26)22-9-10-22/h3-8,11-13,15-17,22,25,29,36H,2,9-10H2,1H3,(H,35,37)/i1D3,2D2,29D. The average Bonchev–Trinajstić information content (AvgIpc) is 3.75. The van der Waals surface area contributed by atoms with Crippen LogP contribution in [0.2, 0.25) is 5.02 Å². The largest absolute Gasteiger partial charge is 0.377 e. The number of benzene rings is 2. The molecule has 0 saturated heterocycles. The molecule has 1 fully saturated rings. The first-order valence-electron chi connectivity index (χ1n) is 15.5. The van der Waals surface area contributed by atoms with Crippen LogP contribution in [0.15, 0.2) is 73.2 Å². The Kier molecular flexibility index (Phi) is 5.32. The minimum atomic E-state index is -3.04. The summed E-state index contributed by atoms with van der Waals surface area (Å²) < 4.78 is 66.2. The van der Waals surface area contributed by atoms with E-state index >= 15 is 0 Å². The molecule has 0 aliphatic heterocycles. The van der Waals surface area contributed by atoms with Crippen molar-refractivity contribution in [2.24, 2.45) is 0 Å². The van der Waals surface area contributed by atoms with Crippen LogP contribution >= 0.6 is 11.6 Å². The number of aromatic nitrogens is 5. The molecule has 2 atom stereocenters. The summed E-state index contributed by atoms with van der Waals surface area (Å²) in [7, 11) is 0. The SMILES string of the molecule is [2H]C(Nc1cc(Cl)c2ncc(C#N)c(NC(c3ccccc3)C([2H])([2H])C([2H])([2H])[2H])c2c1)(c1ccc(F)nc1)c1cn(C2CC2)nn1. The summed E-state index contributed by atoms with van der Waals surface area (Å²) in [4.78, 5) is 8.08. The molecule has 10 heteroatoms. The third-order valence-corrected chi connectivity index (χ3v) is 6.87. The van der Waals surface area contributed by atoms with Gasteiger partial charge in [0, 0.05) is 30.3 Å². The maximum Gasteiger partial charge on any atom is 0.212 e. The van der Waals surface area contributed by atoms with Gasteiger partial charge in [-0.25, -0.2) is 9.67 Å². The fourth-order valence-electron chi connectivity index (χ4n) is 4.43. The number of anilines is 2. The van der Waals surface area contributed by atoms with E-state index in [0.29, 0.717) is 5.56 Å². The number of fused-ring (bicyclic) bond motifs is 1. The topological polar surface area (TPSA) is 104 Å².